The van der Waals surface area contributed by atoms with E-state index in [0.717, 1.165) is 5.46 Å². The average Bonchev–Trinajstić information content (AvgIpc) is 2.67. The molecule has 1 fully saturated rings. The first kappa shape index (κ1) is 16.8. The highest BCUT2D eigenvalue weighted by atomic mass is 16.7. The van der Waals surface area contributed by atoms with Crippen LogP contribution in [-0.4, -0.2) is 31.3 Å². The third-order valence-electron chi connectivity index (χ3n) is 4.35. The number of carbonyl (C=O) groups is 1. The maximum atomic E-state index is 11.5. The Labute approximate surface area is 132 Å². The summed E-state index contributed by atoms with van der Waals surface area (Å²) in [5, 5.41) is 2.82. The van der Waals surface area contributed by atoms with Crippen molar-refractivity contribution in [3.63, 3.8) is 0 Å². The van der Waals surface area contributed by atoms with Crippen LogP contribution < -0.4 is 15.5 Å². The van der Waals surface area contributed by atoms with Gasteiger partial charge in [0.25, 0.3) is 0 Å². The first-order chi connectivity index (χ1) is 10.2. The third kappa shape index (κ3) is 3.13. The van der Waals surface area contributed by atoms with Gasteiger partial charge in [-0.2, -0.15) is 0 Å². The second kappa shape index (κ2) is 5.93. The van der Waals surface area contributed by atoms with Gasteiger partial charge in [0.05, 0.1) is 24.0 Å². The molecule has 1 aromatic rings. The Balaban J connectivity index is 2.26. The quantitative estimate of drug-likeness (QED) is 0.868. The van der Waals surface area contributed by atoms with Crippen LogP contribution in [0.15, 0.2) is 18.2 Å². The molecule has 1 amide bonds. The van der Waals surface area contributed by atoms with Gasteiger partial charge < -0.3 is 19.4 Å². The van der Waals surface area contributed by atoms with E-state index in [1.54, 1.807) is 14.0 Å². The molecule has 120 valence electrons. The summed E-state index contributed by atoms with van der Waals surface area (Å²) in [5.74, 6) is 0.538. The Morgan fingerprint density at radius 2 is 1.82 bits per heavy atom. The van der Waals surface area contributed by atoms with Crippen molar-refractivity contribution >= 4 is 24.2 Å². The Kier molecular flexibility index (Phi) is 4.54. The molecule has 0 unspecified atom stereocenters. The van der Waals surface area contributed by atoms with Crippen molar-refractivity contribution in [1.82, 2.24) is 0 Å². The van der Waals surface area contributed by atoms with Crippen molar-refractivity contribution in [3.05, 3.63) is 18.2 Å². The van der Waals surface area contributed by atoms with Crippen LogP contribution in [0.3, 0.4) is 0 Å². The Hall–Kier alpha value is -1.53. The largest absolute Gasteiger partial charge is 0.495 e. The molecule has 1 saturated heterocycles. The number of nitrogens with one attached hydrogen (secondary N) is 1. The Bertz CT molecular complexity index is 555. The summed E-state index contributed by atoms with van der Waals surface area (Å²) >= 11 is 0. The Morgan fingerprint density at radius 1 is 1.23 bits per heavy atom. The Morgan fingerprint density at radius 3 is 2.32 bits per heavy atom. The predicted molar refractivity (Wildman–Crippen MR) is 87.6 cm³/mol. The van der Waals surface area contributed by atoms with Crippen LogP contribution in [0.5, 0.6) is 5.75 Å². The molecule has 22 heavy (non-hydrogen) atoms. The number of carbonyl (C=O) groups excluding carboxylic acids is 1. The molecule has 0 spiro atoms. The molecule has 0 radical (unpaired) electrons. The lowest BCUT2D eigenvalue weighted by atomic mass is 9.79. The number of hydrogen-bond acceptors (Lipinski definition) is 4. The van der Waals surface area contributed by atoms with Gasteiger partial charge in [-0.15, -0.1) is 0 Å². The van der Waals surface area contributed by atoms with Crippen LogP contribution in [0.4, 0.5) is 5.69 Å². The topological polar surface area (TPSA) is 56.8 Å². The molecule has 1 heterocycles. The van der Waals surface area contributed by atoms with E-state index in [4.69, 9.17) is 14.0 Å². The summed E-state index contributed by atoms with van der Waals surface area (Å²) in [5.41, 5.74) is 0.736. The van der Waals surface area contributed by atoms with E-state index in [0.29, 0.717) is 17.9 Å². The smallest absolute Gasteiger partial charge is 0.494 e. The highest BCUT2D eigenvalue weighted by molar-refractivity contribution is 6.62. The van der Waals surface area contributed by atoms with E-state index >= 15 is 0 Å². The van der Waals surface area contributed by atoms with E-state index in [2.05, 4.69) is 5.32 Å². The number of methoxy groups -OCH3 is 1. The molecule has 1 N–H and O–H groups in total. The van der Waals surface area contributed by atoms with Crippen LogP contribution in [0.1, 0.15) is 41.0 Å². The highest BCUT2D eigenvalue weighted by Gasteiger charge is 2.51. The second-order valence-corrected chi connectivity index (χ2v) is 6.45. The van der Waals surface area contributed by atoms with Crippen molar-refractivity contribution in [3.8, 4) is 5.75 Å². The van der Waals surface area contributed by atoms with Crippen LogP contribution in [0.25, 0.3) is 0 Å². The predicted octanol–water partition coefficient (Wildman–Crippen LogP) is 2.34. The fourth-order valence-corrected chi connectivity index (χ4v) is 2.18. The van der Waals surface area contributed by atoms with Gasteiger partial charge in [-0.25, -0.2) is 0 Å². The van der Waals surface area contributed by atoms with Gasteiger partial charge >= 0.3 is 7.12 Å². The molecule has 1 aliphatic rings. The maximum Gasteiger partial charge on any atom is 0.494 e. The van der Waals surface area contributed by atoms with E-state index in [1.165, 1.54) is 0 Å². The monoisotopic (exact) mass is 305 g/mol. The average molecular weight is 305 g/mol. The minimum Gasteiger partial charge on any atom is -0.495 e. The summed E-state index contributed by atoms with van der Waals surface area (Å²) in [7, 11) is 1.13. The lowest BCUT2D eigenvalue weighted by Crippen LogP contribution is -2.41. The van der Waals surface area contributed by atoms with E-state index in [-0.39, 0.29) is 17.1 Å². The lowest BCUT2D eigenvalue weighted by Gasteiger charge is -2.32. The zero-order chi connectivity index (χ0) is 16.5. The summed E-state index contributed by atoms with van der Waals surface area (Å²) in [6.07, 6.45) is 0.419. The van der Waals surface area contributed by atoms with Crippen molar-refractivity contribution in [2.45, 2.75) is 52.2 Å². The first-order valence-electron chi connectivity index (χ1n) is 7.53. The zero-order valence-electron chi connectivity index (χ0n) is 14.1. The minimum absolute atomic E-state index is 0.0540. The summed E-state index contributed by atoms with van der Waals surface area (Å²) in [4.78, 5) is 11.5. The standard InChI is InChI=1S/C16H24BNO4/c1-7-14(19)18-12-9-8-11(10-13(12)20-6)17-21-15(2,3)16(4,5)22-17/h8-10H,7H2,1-6H3,(H,18,19). The van der Waals surface area contributed by atoms with Crippen LogP contribution in [0, 0.1) is 0 Å². The minimum atomic E-state index is -0.449. The molecular weight excluding hydrogens is 281 g/mol. The fraction of sp³-hybridized carbons (Fsp3) is 0.562. The molecule has 6 heteroatoms. The van der Waals surface area contributed by atoms with Gasteiger partial charge in [0.1, 0.15) is 5.75 Å². The van der Waals surface area contributed by atoms with Crippen molar-refractivity contribution in [2.24, 2.45) is 0 Å². The zero-order valence-corrected chi connectivity index (χ0v) is 14.1. The van der Waals surface area contributed by atoms with Crippen LogP contribution in [-0.2, 0) is 14.1 Å². The SMILES string of the molecule is CCC(=O)Nc1ccc(B2OC(C)(C)C(C)(C)O2)cc1OC. The van der Waals surface area contributed by atoms with Gasteiger partial charge in [-0.05, 0) is 45.3 Å². The first-order valence-corrected chi connectivity index (χ1v) is 7.53. The van der Waals surface area contributed by atoms with Gasteiger partial charge in [0.15, 0.2) is 0 Å². The van der Waals surface area contributed by atoms with Crippen molar-refractivity contribution in [1.29, 1.82) is 0 Å². The van der Waals surface area contributed by atoms with Gasteiger partial charge in [-0.1, -0.05) is 13.0 Å². The van der Waals surface area contributed by atoms with Crippen molar-refractivity contribution < 1.29 is 18.8 Å². The molecule has 5 nitrogen and oxygen atoms in total. The molecule has 2 rings (SSSR count). The number of hydrogen-bond donors (Lipinski definition) is 1. The fourth-order valence-electron chi connectivity index (χ4n) is 2.18. The van der Waals surface area contributed by atoms with Crippen LogP contribution >= 0.6 is 0 Å². The molecule has 0 bridgehead atoms. The number of amides is 1. The van der Waals surface area contributed by atoms with Crippen LogP contribution in [0.2, 0.25) is 0 Å². The van der Waals surface area contributed by atoms with Crippen molar-refractivity contribution in [2.75, 3.05) is 12.4 Å². The molecule has 1 aromatic carbocycles. The highest BCUT2D eigenvalue weighted by Crippen LogP contribution is 2.37. The lowest BCUT2D eigenvalue weighted by molar-refractivity contribution is -0.115. The van der Waals surface area contributed by atoms with Gasteiger partial charge in [0.2, 0.25) is 5.91 Å². The summed E-state index contributed by atoms with van der Waals surface area (Å²) in [6.45, 7) is 9.86. The molecular formula is C16H24BNO4. The third-order valence-corrected chi connectivity index (χ3v) is 4.35. The number of ether oxygens (including phenoxy) is 1. The molecule has 1 aliphatic heterocycles. The second-order valence-electron chi connectivity index (χ2n) is 6.45. The molecule has 0 aromatic heterocycles. The summed E-state index contributed by atoms with van der Waals surface area (Å²) < 4.78 is 17.4. The van der Waals surface area contributed by atoms with Gasteiger partial charge in [-0.3, -0.25) is 4.79 Å². The number of benzene rings is 1. The molecule has 0 saturated carbocycles. The summed E-state index contributed by atoms with van der Waals surface area (Å²) in [6, 6.07) is 5.54. The molecule has 0 aliphatic carbocycles. The number of anilines is 1. The normalized spacial score (nSPS) is 19.1. The molecule has 0 atom stereocenters. The van der Waals surface area contributed by atoms with E-state index in [9.17, 15) is 4.79 Å². The van der Waals surface area contributed by atoms with E-state index in [1.807, 2.05) is 45.9 Å². The van der Waals surface area contributed by atoms with Gasteiger partial charge in [0, 0.05) is 6.42 Å². The maximum absolute atomic E-state index is 11.5. The number of rotatable bonds is 4. The van der Waals surface area contributed by atoms with E-state index < -0.39 is 7.12 Å².